The van der Waals surface area contributed by atoms with Crippen molar-refractivity contribution in [2.45, 2.75) is 13.0 Å². The number of rotatable bonds is 6. The Morgan fingerprint density at radius 3 is 2.64 bits per heavy atom. The molecule has 0 saturated heterocycles. The van der Waals surface area contributed by atoms with Crippen molar-refractivity contribution in [3.63, 3.8) is 0 Å². The molecule has 0 spiro atoms. The molecule has 0 amide bonds. The van der Waals surface area contributed by atoms with Crippen LogP contribution in [0.1, 0.15) is 11.5 Å². The lowest BCUT2D eigenvalue weighted by Crippen LogP contribution is -2.08. The van der Waals surface area contributed by atoms with Gasteiger partial charge in [-0.2, -0.15) is 4.98 Å². The highest BCUT2D eigenvalue weighted by molar-refractivity contribution is 6.33. The van der Waals surface area contributed by atoms with E-state index < -0.39 is 0 Å². The standard InChI is InChI=1S/C18H15ClN2O4/c1-23-13-8-6-12(7-9-13)10-17(22)24-11-16-20-18(21-25-16)14-4-2-3-5-15(14)19/h2-9H,10-11H2,1H3. The number of carbonyl (C=O) groups is 1. The van der Waals surface area contributed by atoms with Gasteiger partial charge in [-0.15, -0.1) is 0 Å². The lowest BCUT2D eigenvalue weighted by atomic mass is 10.1. The average Bonchev–Trinajstić information content (AvgIpc) is 3.10. The summed E-state index contributed by atoms with van der Waals surface area (Å²) < 4.78 is 15.3. The van der Waals surface area contributed by atoms with Crippen molar-refractivity contribution >= 4 is 17.6 Å². The molecule has 0 unspecified atom stereocenters. The van der Waals surface area contributed by atoms with Crippen LogP contribution in [-0.4, -0.2) is 23.2 Å². The van der Waals surface area contributed by atoms with Crippen LogP contribution in [0.2, 0.25) is 5.02 Å². The molecule has 3 rings (SSSR count). The van der Waals surface area contributed by atoms with Gasteiger partial charge in [0.2, 0.25) is 5.82 Å². The van der Waals surface area contributed by atoms with E-state index in [2.05, 4.69) is 10.1 Å². The zero-order valence-corrected chi connectivity index (χ0v) is 14.2. The van der Waals surface area contributed by atoms with E-state index >= 15 is 0 Å². The largest absolute Gasteiger partial charge is 0.497 e. The molecule has 25 heavy (non-hydrogen) atoms. The number of benzene rings is 2. The van der Waals surface area contributed by atoms with Crippen LogP contribution in [0.3, 0.4) is 0 Å². The smallest absolute Gasteiger partial charge is 0.310 e. The number of halogens is 1. The van der Waals surface area contributed by atoms with Crippen molar-refractivity contribution in [1.29, 1.82) is 0 Å². The Kier molecular flexibility index (Phi) is 5.30. The minimum absolute atomic E-state index is 0.0908. The van der Waals surface area contributed by atoms with E-state index in [9.17, 15) is 4.79 Å². The fraction of sp³-hybridized carbons (Fsp3) is 0.167. The van der Waals surface area contributed by atoms with Gasteiger partial charge in [0, 0.05) is 5.56 Å². The summed E-state index contributed by atoms with van der Waals surface area (Å²) in [4.78, 5) is 16.1. The molecular formula is C18H15ClN2O4. The summed E-state index contributed by atoms with van der Waals surface area (Å²) in [6.07, 6.45) is 0.148. The van der Waals surface area contributed by atoms with Gasteiger partial charge in [-0.1, -0.05) is 41.0 Å². The molecule has 0 aliphatic rings. The summed E-state index contributed by atoms with van der Waals surface area (Å²) in [6, 6.07) is 14.4. The van der Waals surface area contributed by atoms with Gasteiger partial charge >= 0.3 is 5.97 Å². The molecule has 0 N–H and O–H groups in total. The molecule has 6 nitrogen and oxygen atoms in total. The van der Waals surface area contributed by atoms with Gasteiger partial charge in [-0.05, 0) is 29.8 Å². The van der Waals surface area contributed by atoms with Gasteiger partial charge in [-0.25, -0.2) is 0 Å². The van der Waals surface area contributed by atoms with Crippen molar-refractivity contribution < 1.29 is 18.8 Å². The summed E-state index contributed by atoms with van der Waals surface area (Å²) in [5, 5.41) is 4.37. The Morgan fingerprint density at radius 2 is 1.92 bits per heavy atom. The van der Waals surface area contributed by atoms with E-state index in [4.69, 9.17) is 25.6 Å². The van der Waals surface area contributed by atoms with Crippen molar-refractivity contribution in [2.75, 3.05) is 7.11 Å². The number of aromatic nitrogens is 2. The van der Waals surface area contributed by atoms with Crippen LogP contribution in [0, 0.1) is 0 Å². The lowest BCUT2D eigenvalue weighted by Gasteiger charge is -2.03. The summed E-state index contributed by atoms with van der Waals surface area (Å²) in [7, 11) is 1.59. The van der Waals surface area contributed by atoms with Gasteiger partial charge in [0.15, 0.2) is 6.61 Å². The second-order valence-corrected chi connectivity index (χ2v) is 5.58. The Labute approximate surface area is 149 Å². The molecular weight excluding hydrogens is 344 g/mol. The molecule has 3 aromatic rings. The minimum atomic E-state index is -0.386. The van der Waals surface area contributed by atoms with Crippen molar-refractivity contribution in [2.24, 2.45) is 0 Å². The second kappa shape index (κ2) is 7.81. The third-order valence-corrected chi connectivity index (χ3v) is 3.78. The lowest BCUT2D eigenvalue weighted by molar-refractivity contribution is -0.144. The number of carbonyl (C=O) groups excluding carboxylic acids is 1. The van der Waals surface area contributed by atoms with Crippen LogP contribution >= 0.6 is 11.6 Å². The fourth-order valence-corrected chi connectivity index (χ4v) is 2.39. The predicted octanol–water partition coefficient (Wildman–Crippen LogP) is 3.68. The van der Waals surface area contributed by atoms with Crippen molar-refractivity contribution in [1.82, 2.24) is 10.1 Å². The first-order chi connectivity index (χ1) is 12.2. The highest BCUT2D eigenvalue weighted by Gasteiger charge is 2.13. The normalized spacial score (nSPS) is 10.5. The number of hydrogen-bond acceptors (Lipinski definition) is 6. The quantitative estimate of drug-likeness (QED) is 0.626. The predicted molar refractivity (Wildman–Crippen MR) is 91.2 cm³/mol. The van der Waals surface area contributed by atoms with E-state index in [0.717, 1.165) is 11.3 Å². The molecule has 0 aliphatic heterocycles. The Balaban J connectivity index is 1.56. The number of nitrogens with zero attached hydrogens (tertiary/aromatic N) is 2. The molecule has 1 heterocycles. The summed E-state index contributed by atoms with van der Waals surface area (Å²) in [5.74, 6) is 0.905. The SMILES string of the molecule is COc1ccc(CC(=O)OCc2nc(-c3ccccc3Cl)no2)cc1. The Bertz CT molecular complexity index is 862. The summed E-state index contributed by atoms with van der Waals surface area (Å²) in [6.45, 7) is -0.0908. The first-order valence-electron chi connectivity index (χ1n) is 7.52. The van der Waals surface area contributed by atoms with Gasteiger partial charge < -0.3 is 14.0 Å². The topological polar surface area (TPSA) is 74.5 Å². The van der Waals surface area contributed by atoms with E-state index in [0.29, 0.717) is 16.4 Å². The van der Waals surface area contributed by atoms with Crippen LogP contribution in [-0.2, 0) is 22.6 Å². The van der Waals surface area contributed by atoms with Crippen molar-refractivity contribution in [3.05, 3.63) is 65.0 Å². The molecule has 0 aliphatic carbocycles. The second-order valence-electron chi connectivity index (χ2n) is 5.18. The third kappa shape index (κ3) is 4.36. The first kappa shape index (κ1) is 17.0. The van der Waals surface area contributed by atoms with Crippen LogP contribution in [0.5, 0.6) is 5.75 Å². The fourth-order valence-electron chi connectivity index (χ4n) is 2.17. The third-order valence-electron chi connectivity index (χ3n) is 3.45. The van der Waals surface area contributed by atoms with E-state index in [1.54, 1.807) is 31.4 Å². The number of hydrogen-bond donors (Lipinski definition) is 0. The Hall–Kier alpha value is -2.86. The maximum absolute atomic E-state index is 11.9. The van der Waals surface area contributed by atoms with Gasteiger partial charge in [0.1, 0.15) is 5.75 Å². The Morgan fingerprint density at radius 1 is 1.16 bits per heavy atom. The molecule has 0 bridgehead atoms. The van der Waals surface area contributed by atoms with E-state index in [-0.39, 0.29) is 24.9 Å². The molecule has 0 fully saturated rings. The van der Waals surface area contributed by atoms with Crippen molar-refractivity contribution in [3.8, 4) is 17.1 Å². The van der Waals surface area contributed by atoms with Crippen LogP contribution in [0.4, 0.5) is 0 Å². The van der Waals surface area contributed by atoms with Gasteiger partial charge in [-0.3, -0.25) is 4.79 Å². The molecule has 7 heteroatoms. The van der Waals surface area contributed by atoms with Crippen LogP contribution < -0.4 is 4.74 Å². The average molecular weight is 359 g/mol. The molecule has 128 valence electrons. The zero-order chi connectivity index (χ0) is 17.6. The number of esters is 1. The minimum Gasteiger partial charge on any atom is -0.497 e. The van der Waals surface area contributed by atoms with Crippen LogP contribution in [0.15, 0.2) is 53.1 Å². The monoisotopic (exact) mass is 358 g/mol. The van der Waals surface area contributed by atoms with E-state index in [1.807, 2.05) is 24.3 Å². The molecule has 0 radical (unpaired) electrons. The maximum atomic E-state index is 11.9. The van der Waals surface area contributed by atoms with E-state index in [1.165, 1.54) is 0 Å². The maximum Gasteiger partial charge on any atom is 0.310 e. The molecule has 1 aromatic heterocycles. The zero-order valence-electron chi connectivity index (χ0n) is 13.4. The highest BCUT2D eigenvalue weighted by Crippen LogP contribution is 2.24. The highest BCUT2D eigenvalue weighted by atomic mass is 35.5. The molecule has 0 saturated carbocycles. The summed E-state index contributed by atoms with van der Waals surface area (Å²) >= 11 is 6.09. The first-order valence-corrected chi connectivity index (χ1v) is 7.89. The number of methoxy groups -OCH3 is 1. The molecule has 2 aromatic carbocycles. The number of ether oxygens (including phenoxy) is 2. The van der Waals surface area contributed by atoms with Gasteiger partial charge in [0.25, 0.3) is 5.89 Å². The molecule has 0 atom stereocenters. The van der Waals surface area contributed by atoms with Crippen LogP contribution in [0.25, 0.3) is 11.4 Å². The summed E-state index contributed by atoms with van der Waals surface area (Å²) in [5.41, 5.74) is 1.48. The van der Waals surface area contributed by atoms with Gasteiger partial charge in [0.05, 0.1) is 18.6 Å².